The molecule has 0 radical (unpaired) electrons. The van der Waals surface area contributed by atoms with E-state index in [1.54, 1.807) is 30.3 Å². The minimum Gasteiger partial charge on any atom is -0.490 e. The zero-order valence-electron chi connectivity index (χ0n) is 18.0. The molecule has 10 heteroatoms. The zero-order chi connectivity index (χ0) is 23.5. The number of rotatable bonds is 11. The Bertz CT molecular complexity index is 935. The Labute approximate surface area is 196 Å². The van der Waals surface area contributed by atoms with E-state index in [-0.39, 0.29) is 12.1 Å². The van der Waals surface area contributed by atoms with Gasteiger partial charge in [0.2, 0.25) is 5.75 Å². The third kappa shape index (κ3) is 7.03. The van der Waals surface area contributed by atoms with Crippen molar-refractivity contribution in [3.63, 3.8) is 0 Å². The van der Waals surface area contributed by atoms with Crippen molar-refractivity contribution in [1.82, 2.24) is 10.7 Å². The molecule has 0 aliphatic carbocycles. The van der Waals surface area contributed by atoms with E-state index in [9.17, 15) is 9.59 Å². The summed E-state index contributed by atoms with van der Waals surface area (Å²) < 4.78 is 16.8. The van der Waals surface area contributed by atoms with Gasteiger partial charge in [-0.05, 0) is 45.0 Å². The van der Waals surface area contributed by atoms with Crippen molar-refractivity contribution in [3.8, 4) is 17.2 Å². The number of hydrogen-bond donors (Lipinski definition) is 2. The molecule has 0 atom stereocenters. The van der Waals surface area contributed by atoms with Gasteiger partial charge in [0.15, 0.2) is 11.5 Å². The molecular formula is C22H25Cl2N3O5. The molecule has 0 bridgehead atoms. The zero-order valence-corrected chi connectivity index (χ0v) is 19.5. The van der Waals surface area contributed by atoms with Gasteiger partial charge in [-0.2, -0.15) is 5.10 Å². The molecule has 0 unspecified atom stereocenters. The second-order valence-corrected chi connectivity index (χ2v) is 7.03. The fourth-order valence-corrected chi connectivity index (χ4v) is 3.12. The van der Waals surface area contributed by atoms with Gasteiger partial charge >= 0.3 is 0 Å². The van der Waals surface area contributed by atoms with E-state index < -0.39 is 11.8 Å². The molecule has 2 N–H and O–H groups in total. The second-order valence-electron chi connectivity index (χ2n) is 6.21. The Hall–Kier alpha value is -2.97. The number of ether oxygens (including phenoxy) is 3. The van der Waals surface area contributed by atoms with E-state index in [0.29, 0.717) is 52.7 Å². The molecule has 0 heterocycles. The summed E-state index contributed by atoms with van der Waals surface area (Å²) in [7, 11) is 0. The van der Waals surface area contributed by atoms with E-state index >= 15 is 0 Å². The first-order valence-electron chi connectivity index (χ1n) is 10.0. The van der Waals surface area contributed by atoms with Gasteiger partial charge in [0.05, 0.1) is 42.6 Å². The SMILES string of the molecule is CCOc1cc(C(=O)NCC(=O)N/N=C/c2c(Cl)cccc2Cl)cc(OCC)c1OCC. The third-order valence-electron chi connectivity index (χ3n) is 3.96. The Morgan fingerprint density at radius 1 is 0.969 bits per heavy atom. The number of nitrogens with one attached hydrogen (secondary N) is 2. The minimum absolute atomic E-state index is 0.263. The molecule has 0 aliphatic heterocycles. The van der Waals surface area contributed by atoms with Crippen LogP contribution in [0, 0.1) is 0 Å². The predicted molar refractivity (Wildman–Crippen MR) is 124 cm³/mol. The summed E-state index contributed by atoms with van der Waals surface area (Å²) >= 11 is 12.1. The van der Waals surface area contributed by atoms with Crippen LogP contribution < -0.4 is 25.0 Å². The summed E-state index contributed by atoms with van der Waals surface area (Å²) in [5.41, 5.74) is 3.05. The number of amides is 2. The van der Waals surface area contributed by atoms with Gasteiger partial charge in [-0.15, -0.1) is 0 Å². The molecule has 2 aromatic carbocycles. The highest BCUT2D eigenvalue weighted by Crippen LogP contribution is 2.39. The van der Waals surface area contributed by atoms with E-state index in [2.05, 4.69) is 15.8 Å². The molecule has 0 saturated heterocycles. The van der Waals surface area contributed by atoms with Gasteiger partial charge in [0.1, 0.15) is 0 Å². The molecule has 0 aromatic heterocycles. The maximum atomic E-state index is 12.6. The van der Waals surface area contributed by atoms with Crippen LogP contribution in [0.15, 0.2) is 35.4 Å². The molecule has 0 spiro atoms. The second kappa shape index (κ2) is 12.8. The summed E-state index contributed by atoms with van der Waals surface area (Å²) in [5.74, 6) is 0.187. The Morgan fingerprint density at radius 2 is 1.53 bits per heavy atom. The lowest BCUT2D eigenvalue weighted by atomic mass is 10.1. The van der Waals surface area contributed by atoms with Gasteiger partial charge in [-0.3, -0.25) is 9.59 Å². The van der Waals surface area contributed by atoms with Crippen LogP contribution in [0.2, 0.25) is 10.0 Å². The van der Waals surface area contributed by atoms with Crippen molar-refractivity contribution in [1.29, 1.82) is 0 Å². The highest BCUT2D eigenvalue weighted by molar-refractivity contribution is 6.38. The number of carbonyl (C=O) groups excluding carboxylic acids is 2. The average molecular weight is 482 g/mol. The number of hydrazone groups is 1. The van der Waals surface area contributed by atoms with Crippen LogP contribution in [0.25, 0.3) is 0 Å². The topological polar surface area (TPSA) is 98.2 Å². The molecule has 0 aliphatic rings. The summed E-state index contributed by atoms with van der Waals surface area (Å²) in [5, 5.41) is 7.15. The lowest BCUT2D eigenvalue weighted by molar-refractivity contribution is -0.120. The van der Waals surface area contributed by atoms with Crippen molar-refractivity contribution >= 4 is 41.2 Å². The molecule has 32 heavy (non-hydrogen) atoms. The maximum Gasteiger partial charge on any atom is 0.259 e. The summed E-state index contributed by atoms with van der Waals surface area (Å²) in [6.07, 6.45) is 1.33. The normalized spacial score (nSPS) is 10.7. The van der Waals surface area contributed by atoms with Crippen molar-refractivity contribution in [3.05, 3.63) is 51.5 Å². The lowest BCUT2D eigenvalue weighted by Gasteiger charge is -2.17. The van der Waals surface area contributed by atoms with Crippen LogP contribution in [0.1, 0.15) is 36.7 Å². The fourth-order valence-electron chi connectivity index (χ4n) is 2.62. The van der Waals surface area contributed by atoms with Crippen LogP contribution in [0.4, 0.5) is 0 Å². The molecule has 172 valence electrons. The Balaban J connectivity index is 2.05. The van der Waals surface area contributed by atoms with E-state index in [1.165, 1.54) is 6.21 Å². The van der Waals surface area contributed by atoms with Crippen LogP contribution in [0.5, 0.6) is 17.2 Å². The number of hydrogen-bond acceptors (Lipinski definition) is 6. The highest BCUT2D eigenvalue weighted by atomic mass is 35.5. The van der Waals surface area contributed by atoms with Gasteiger partial charge in [-0.1, -0.05) is 29.3 Å². The lowest BCUT2D eigenvalue weighted by Crippen LogP contribution is -2.35. The van der Waals surface area contributed by atoms with Crippen molar-refractivity contribution in [2.45, 2.75) is 20.8 Å². The Kier molecular flexibility index (Phi) is 10.1. The first-order chi connectivity index (χ1) is 15.4. The molecule has 2 amide bonds. The fraction of sp³-hybridized carbons (Fsp3) is 0.318. The first-order valence-corrected chi connectivity index (χ1v) is 10.8. The van der Waals surface area contributed by atoms with Gasteiger partial charge < -0.3 is 19.5 Å². The van der Waals surface area contributed by atoms with Gasteiger partial charge in [0.25, 0.3) is 11.8 Å². The van der Waals surface area contributed by atoms with Crippen LogP contribution in [-0.2, 0) is 4.79 Å². The molecule has 8 nitrogen and oxygen atoms in total. The third-order valence-corrected chi connectivity index (χ3v) is 4.62. The summed E-state index contributed by atoms with van der Waals surface area (Å²) in [6.45, 7) is 6.36. The summed E-state index contributed by atoms with van der Waals surface area (Å²) in [6, 6.07) is 8.09. The predicted octanol–water partition coefficient (Wildman–Crippen LogP) is 4.07. The molecule has 0 saturated carbocycles. The van der Waals surface area contributed by atoms with E-state index in [0.717, 1.165) is 0 Å². The van der Waals surface area contributed by atoms with Gasteiger partial charge in [-0.25, -0.2) is 5.43 Å². The van der Waals surface area contributed by atoms with Crippen molar-refractivity contribution in [2.75, 3.05) is 26.4 Å². The van der Waals surface area contributed by atoms with Gasteiger partial charge in [0, 0.05) is 11.1 Å². The number of benzene rings is 2. The van der Waals surface area contributed by atoms with Crippen LogP contribution in [-0.4, -0.2) is 44.4 Å². The Morgan fingerprint density at radius 3 is 2.06 bits per heavy atom. The minimum atomic E-state index is -0.529. The molecule has 0 fully saturated rings. The number of carbonyl (C=O) groups is 2. The monoisotopic (exact) mass is 481 g/mol. The highest BCUT2D eigenvalue weighted by Gasteiger charge is 2.18. The smallest absolute Gasteiger partial charge is 0.259 e. The quantitative estimate of drug-likeness (QED) is 0.372. The molecule has 2 aromatic rings. The van der Waals surface area contributed by atoms with E-state index in [1.807, 2.05) is 20.8 Å². The van der Waals surface area contributed by atoms with E-state index in [4.69, 9.17) is 37.4 Å². The number of halogens is 2. The average Bonchev–Trinajstić information content (AvgIpc) is 2.76. The van der Waals surface area contributed by atoms with Crippen LogP contribution >= 0.6 is 23.2 Å². The van der Waals surface area contributed by atoms with Crippen molar-refractivity contribution < 1.29 is 23.8 Å². The standard InChI is InChI=1S/C22H25Cl2N3O5/c1-4-30-18-10-14(11-19(31-5-2)21(18)32-6-3)22(29)25-13-20(28)27-26-12-15-16(23)8-7-9-17(15)24/h7-12H,4-6,13H2,1-3H3,(H,25,29)(H,27,28)/b26-12+. The summed E-state index contributed by atoms with van der Waals surface area (Å²) in [4.78, 5) is 24.6. The molecule has 2 rings (SSSR count). The van der Waals surface area contributed by atoms with Crippen molar-refractivity contribution in [2.24, 2.45) is 5.10 Å². The molecular weight excluding hydrogens is 457 g/mol. The van der Waals surface area contributed by atoms with Crippen LogP contribution in [0.3, 0.4) is 0 Å². The maximum absolute atomic E-state index is 12.6. The largest absolute Gasteiger partial charge is 0.490 e. The first kappa shape index (κ1) is 25.3. The number of nitrogens with zero attached hydrogens (tertiary/aromatic N) is 1.